The largest absolute Gasteiger partial charge is 0.459 e. The van der Waals surface area contributed by atoms with Crippen LogP contribution in [0.2, 0.25) is 0 Å². The van der Waals surface area contributed by atoms with Crippen molar-refractivity contribution in [1.82, 2.24) is 14.8 Å². The maximum Gasteiger partial charge on any atom is 0.338 e. The summed E-state index contributed by atoms with van der Waals surface area (Å²) in [6, 6.07) is 24.4. The van der Waals surface area contributed by atoms with E-state index in [1.54, 1.807) is 11.8 Å². The van der Waals surface area contributed by atoms with Gasteiger partial charge in [-0.3, -0.25) is 0 Å². The Hall–Kier alpha value is -3.58. The third kappa shape index (κ3) is 4.88. The average Bonchev–Trinajstić information content (AvgIpc) is 3.34. The second-order valence-corrected chi connectivity index (χ2v) is 10.7. The monoisotopic (exact) mass is 510 g/mol. The molecule has 1 aliphatic carbocycles. The molecule has 1 fully saturated rings. The number of nitrogens with zero attached hydrogens (tertiary/aromatic N) is 3. The molecule has 2 aliphatic rings. The van der Waals surface area contributed by atoms with E-state index in [9.17, 15) is 4.79 Å². The van der Waals surface area contributed by atoms with Crippen molar-refractivity contribution in [2.75, 3.05) is 5.32 Å². The van der Waals surface area contributed by atoms with Gasteiger partial charge in [-0.25, -0.2) is 9.48 Å². The van der Waals surface area contributed by atoms with Crippen molar-refractivity contribution in [2.45, 2.75) is 62.1 Å². The van der Waals surface area contributed by atoms with Gasteiger partial charge in [0.25, 0.3) is 0 Å². The molecule has 0 bridgehead atoms. The van der Waals surface area contributed by atoms with Crippen LogP contribution in [0.15, 0.2) is 89.2 Å². The van der Waals surface area contributed by atoms with Gasteiger partial charge in [-0.1, -0.05) is 91.0 Å². The van der Waals surface area contributed by atoms with Gasteiger partial charge in [0.2, 0.25) is 11.1 Å². The lowest BCUT2D eigenvalue weighted by Gasteiger charge is -2.30. The van der Waals surface area contributed by atoms with Gasteiger partial charge in [-0.05, 0) is 54.5 Å². The fourth-order valence-corrected chi connectivity index (χ4v) is 6.14. The highest BCUT2D eigenvalue weighted by atomic mass is 32.2. The maximum absolute atomic E-state index is 13.7. The lowest BCUT2D eigenvalue weighted by molar-refractivity contribution is -0.146. The first-order valence-corrected chi connectivity index (χ1v) is 14.0. The molecule has 0 saturated heterocycles. The van der Waals surface area contributed by atoms with E-state index in [1.807, 2.05) is 48.0 Å². The quantitative estimate of drug-likeness (QED) is 0.225. The molecule has 6 rings (SSSR count). The van der Waals surface area contributed by atoms with Crippen molar-refractivity contribution in [3.05, 3.63) is 95.2 Å². The van der Waals surface area contributed by atoms with Crippen molar-refractivity contribution in [3.63, 3.8) is 0 Å². The van der Waals surface area contributed by atoms with Crippen molar-refractivity contribution < 1.29 is 9.53 Å². The SMILES string of the molecule is CC1=C(C(=O)OC2CCCCC2)C(c2cccc3ccccc23)n2nc(SCc3ccccc3)nc2N1. The number of hydrogen-bond acceptors (Lipinski definition) is 6. The van der Waals surface area contributed by atoms with E-state index in [0.29, 0.717) is 16.7 Å². The van der Waals surface area contributed by atoms with Crippen molar-refractivity contribution in [2.24, 2.45) is 0 Å². The molecule has 2 heterocycles. The Balaban J connectivity index is 1.39. The van der Waals surface area contributed by atoms with Crippen LogP contribution in [-0.4, -0.2) is 26.8 Å². The zero-order valence-corrected chi connectivity index (χ0v) is 21.7. The van der Waals surface area contributed by atoms with E-state index in [4.69, 9.17) is 14.8 Å². The van der Waals surface area contributed by atoms with Crippen LogP contribution >= 0.6 is 11.8 Å². The molecule has 0 amide bonds. The molecule has 7 heteroatoms. The fourth-order valence-electron chi connectivity index (χ4n) is 5.35. The zero-order valence-electron chi connectivity index (χ0n) is 20.9. The third-order valence-corrected chi connectivity index (χ3v) is 8.12. The molecule has 1 aromatic heterocycles. The molecule has 188 valence electrons. The van der Waals surface area contributed by atoms with Crippen LogP contribution in [0.1, 0.15) is 56.2 Å². The summed E-state index contributed by atoms with van der Waals surface area (Å²) in [5.74, 6) is 1.14. The molecule has 4 aromatic rings. The number of hydrogen-bond donors (Lipinski definition) is 1. The summed E-state index contributed by atoms with van der Waals surface area (Å²) in [5, 5.41) is 11.1. The minimum Gasteiger partial charge on any atom is -0.459 e. The smallest absolute Gasteiger partial charge is 0.338 e. The normalized spacial score (nSPS) is 17.9. The Kier molecular flexibility index (Phi) is 6.70. The first-order valence-electron chi connectivity index (χ1n) is 13.0. The number of allylic oxidation sites excluding steroid dienone is 1. The molecular formula is C30H30N4O2S. The zero-order chi connectivity index (χ0) is 25.2. The number of anilines is 1. The molecule has 1 N–H and O–H groups in total. The molecule has 1 atom stereocenters. The predicted octanol–water partition coefficient (Wildman–Crippen LogP) is 6.89. The van der Waals surface area contributed by atoms with E-state index in [0.717, 1.165) is 53.5 Å². The molecule has 37 heavy (non-hydrogen) atoms. The molecule has 1 unspecified atom stereocenters. The summed E-state index contributed by atoms with van der Waals surface area (Å²) in [5.41, 5.74) is 3.59. The van der Waals surface area contributed by atoms with Gasteiger partial charge in [-0.15, -0.1) is 5.10 Å². The number of benzene rings is 3. The lowest BCUT2D eigenvalue weighted by atomic mass is 9.91. The Morgan fingerprint density at radius 3 is 2.59 bits per heavy atom. The molecule has 1 aliphatic heterocycles. The second kappa shape index (κ2) is 10.4. The van der Waals surface area contributed by atoms with Gasteiger partial charge in [0, 0.05) is 11.4 Å². The minimum absolute atomic E-state index is 0.0242. The third-order valence-electron chi connectivity index (χ3n) is 7.21. The van der Waals surface area contributed by atoms with Gasteiger partial charge < -0.3 is 10.1 Å². The fraction of sp³-hybridized carbons (Fsp3) is 0.300. The van der Waals surface area contributed by atoms with E-state index < -0.39 is 6.04 Å². The molecular weight excluding hydrogens is 480 g/mol. The van der Waals surface area contributed by atoms with Gasteiger partial charge in [0.05, 0.1) is 5.57 Å². The maximum atomic E-state index is 13.7. The van der Waals surface area contributed by atoms with Crippen LogP contribution < -0.4 is 5.32 Å². The van der Waals surface area contributed by atoms with Crippen LogP contribution in [0.3, 0.4) is 0 Å². The van der Waals surface area contributed by atoms with Crippen LogP contribution in [0.25, 0.3) is 10.8 Å². The number of ether oxygens (including phenoxy) is 1. The number of carbonyl (C=O) groups excluding carboxylic acids is 1. The van der Waals surface area contributed by atoms with Gasteiger partial charge in [-0.2, -0.15) is 4.98 Å². The highest BCUT2D eigenvalue weighted by Gasteiger charge is 2.37. The molecule has 0 radical (unpaired) electrons. The van der Waals surface area contributed by atoms with Crippen molar-refractivity contribution >= 4 is 34.5 Å². The van der Waals surface area contributed by atoms with Crippen LogP contribution in [0.4, 0.5) is 5.95 Å². The first kappa shape index (κ1) is 23.8. The van der Waals surface area contributed by atoms with E-state index >= 15 is 0 Å². The van der Waals surface area contributed by atoms with Crippen LogP contribution in [0, 0.1) is 0 Å². The number of fused-ring (bicyclic) bond motifs is 2. The van der Waals surface area contributed by atoms with Crippen molar-refractivity contribution in [1.29, 1.82) is 0 Å². The molecule has 3 aromatic carbocycles. The van der Waals surface area contributed by atoms with Gasteiger partial charge >= 0.3 is 5.97 Å². The first-order chi connectivity index (χ1) is 18.2. The summed E-state index contributed by atoms with van der Waals surface area (Å²) in [4.78, 5) is 18.5. The number of aromatic nitrogens is 3. The Bertz CT molecular complexity index is 1450. The number of rotatable bonds is 6. The van der Waals surface area contributed by atoms with Crippen LogP contribution in [0.5, 0.6) is 0 Å². The molecule has 1 saturated carbocycles. The topological polar surface area (TPSA) is 69.0 Å². The summed E-state index contributed by atoms with van der Waals surface area (Å²) >= 11 is 1.59. The Morgan fingerprint density at radius 2 is 1.76 bits per heavy atom. The van der Waals surface area contributed by atoms with E-state index in [2.05, 4.69) is 41.7 Å². The standard InChI is InChI=1S/C30H30N4O2S/c1-20-26(28(35)36-23-15-6-3-7-16-23)27(25-18-10-14-22-13-8-9-17-24(22)25)34-29(31-20)32-30(33-34)37-19-21-11-4-2-5-12-21/h2,4-5,8-14,17-18,23,27H,3,6-7,15-16,19H2,1H3,(H,31,32,33). The summed E-state index contributed by atoms with van der Waals surface area (Å²) in [7, 11) is 0. The highest BCUT2D eigenvalue weighted by molar-refractivity contribution is 7.98. The number of thioether (sulfide) groups is 1. The van der Waals surface area contributed by atoms with Gasteiger partial charge in [0.15, 0.2) is 0 Å². The highest BCUT2D eigenvalue weighted by Crippen LogP contribution is 2.40. The Morgan fingerprint density at radius 1 is 1.00 bits per heavy atom. The van der Waals surface area contributed by atoms with Crippen molar-refractivity contribution in [3.8, 4) is 0 Å². The van der Waals surface area contributed by atoms with Crippen LogP contribution in [-0.2, 0) is 15.3 Å². The molecule has 0 spiro atoms. The van der Waals surface area contributed by atoms with E-state index in [1.165, 1.54) is 12.0 Å². The Labute approximate surface area is 221 Å². The molecule has 6 nitrogen and oxygen atoms in total. The number of carbonyl (C=O) groups is 1. The van der Waals surface area contributed by atoms with Gasteiger partial charge in [0.1, 0.15) is 12.1 Å². The lowest BCUT2D eigenvalue weighted by Crippen LogP contribution is -2.32. The summed E-state index contributed by atoms with van der Waals surface area (Å²) in [6.45, 7) is 1.94. The number of nitrogens with one attached hydrogen (secondary N) is 1. The second-order valence-electron chi connectivity index (χ2n) is 9.74. The minimum atomic E-state index is -0.433. The number of esters is 1. The summed E-state index contributed by atoms with van der Waals surface area (Å²) in [6.07, 6.45) is 5.26. The average molecular weight is 511 g/mol. The van der Waals surface area contributed by atoms with E-state index in [-0.39, 0.29) is 12.1 Å². The predicted molar refractivity (Wildman–Crippen MR) is 147 cm³/mol. The summed E-state index contributed by atoms with van der Waals surface area (Å²) < 4.78 is 7.95.